The van der Waals surface area contributed by atoms with Gasteiger partial charge in [0.1, 0.15) is 13.2 Å². The molecule has 0 N–H and O–H groups in total. The third-order valence-corrected chi connectivity index (χ3v) is 5.06. The van der Waals surface area contributed by atoms with Crippen molar-refractivity contribution < 1.29 is 23.8 Å². The fraction of sp³-hybridized carbons (Fsp3) is 0.400. The molecule has 0 unspecified atom stereocenters. The monoisotopic (exact) mass is 383 g/mol. The number of methoxy groups -OCH3 is 1. The van der Waals surface area contributed by atoms with E-state index in [1.807, 2.05) is 0 Å². The molecule has 2 aliphatic rings. The van der Waals surface area contributed by atoms with Gasteiger partial charge in [0.25, 0.3) is 0 Å². The Labute approximate surface area is 162 Å². The van der Waals surface area contributed by atoms with Crippen LogP contribution >= 0.6 is 0 Å². The molecule has 0 aliphatic carbocycles. The van der Waals surface area contributed by atoms with E-state index in [-0.39, 0.29) is 17.4 Å². The standard InChI is InChI=1S/C20H21N3O5/c1-26-20(25)15-3-5-18(22-21-15)23-8-6-13(7-9-23)19(24)14-2-4-16-17(12-14)28-11-10-27-16/h2-5,12-13H,6-11H2,1H3. The summed E-state index contributed by atoms with van der Waals surface area (Å²) in [6.45, 7) is 2.43. The number of fused-ring (bicyclic) bond motifs is 1. The van der Waals surface area contributed by atoms with E-state index < -0.39 is 5.97 Å². The molecule has 3 heterocycles. The van der Waals surface area contributed by atoms with E-state index in [1.54, 1.807) is 30.3 Å². The average Bonchev–Trinajstić information content (AvgIpc) is 2.78. The summed E-state index contributed by atoms with van der Waals surface area (Å²) in [6, 6.07) is 8.73. The third kappa shape index (κ3) is 3.62. The number of ketones is 1. The van der Waals surface area contributed by atoms with Crippen LogP contribution in [0.25, 0.3) is 0 Å². The van der Waals surface area contributed by atoms with Gasteiger partial charge in [-0.15, -0.1) is 10.2 Å². The number of hydrogen-bond acceptors (Lipinski definition) is 8. The Morgan fingerprint density at radius 2 is 1.79 bits per heavy atom. The Kier molecular flexibility index (Phi) is 5.10. The predicted molar refractivity (Wildman–Crippen MR) is 100 cm³/mol. The molecule has 0 atom stereocenters. The Hall–Kier alpha value is -3.16. The molecule has 0 amide bonds. The van der Waals surface area contributed by atoms with Crippen molar-refractivity contribution in [1.29, 1.82) is 0 Å². The molecule has 146 valence electrons. The van der Waals surface area contributed by atoms with E-state index in [2.05, 4.69) is 19.8 Å². The number of anilines is 1. The molecule has 4 rings (SSSR count). The van der Waals surface area contributed by atoms with Gasteiger partial charge in [0.2, 0.25) is 0 Å². The lowest BCUT2D eigenvalue weighted by atomic mass is 9.88. The van der Waals surface area contributed by atoms with Crippen molar-refractivity contribution in [3.8, 4) is 11.5 Å². The Morgan fingerprint density at radius 1 is 1.04 bits per heavy atom. The van der Waals surface area contributed by atoms with Crippen molar-refractivity contribution in [1.82, 2.24) is 10.2 Å². The molecule has 28 heavy (non-hydrogen) atoms. The highest BCUT2D eigenvalue weighted by Gasteiger charge is 2.27. The minimum Gasteiger partial charge on any atom is -0.486 e. The first-order chi connectivity index (χ1) is 13.7. The van der Waals surface area contributed by atoms with E-state index >= 15 is 0 Å². The highest BCUT2D eigenvalue weighted by molar-refractivity contribution is 5.98. The normalized spacial score (nSPS) is 16.5. The maximum absolute atomic E-state index is 12.9. The lowest BCUT2D eigenvalue weighted by Crippen LogP contribution is -2.37. The number of carbonyl (C=O) groups excluding carboxylic acids is 2. The van der Waals surface area contributed by atoms with Crippen LogP contribution < -0.4 is 14.4 Å². The van der Waals surface area contributed by atoms with E-state index in [9.17, 15) is 9.59 Å². The molecular weight excluding hydrogens is 362 g/mol. The minimum absolute atomic E-state index is 0.0406. The SMILES string of the molecule is COC(=O)c1ccc(N2CCC(C(=O)c3ccc4c(c3)OCCO4)CC2)nn1. The first-order valence-electron chi connectivity index (χ1n) is 9.26. The Morgan fingerprint density at radius 3 is 2.46 bits per heavy atom. The summed E-state index contributed by atoms with van der Waals surface area (Å²) < 4.78 is 15.7. The minimum atomic E-state index is -0.511. The zero-order chi connectivity index (χ0) is 19.5. The highest BCUT2D eigenvalue weighted by atomic mass is 16.6. The number of Topliss-reactive ketones (excluding diaryl/α,β-unsaturated/α-hetero) is 1. The number of rotatable bonds is 4. The molecule has 0 spiro atoms. The first-order valence-corrected chi connectivity index (χ1v) is 9.26. The molecule has 0 bridgehead atoms. The number of aromatic nitrogens is 2. The lowest BCUT2D eigenvalue weighted by molar-refractivity contribution is 0.0592. The average molecular weight is 383 g/mol. The van der Waals surface area contributed by atoms with Gasteiger partial charge in [-0.05, 0) is 43.2 Å². The van der Waals surface area contributed by atoms with E-state index in [0.29, 0.717) is 49.2 Å². The maximum atomic E-state index is 12.9. The molecule has 1 fully saturated rings. The molecule has 1 aromatic heterocycles. The summed E-state index contributed by atoms with van der Waals surface area (Å²) in [5.74, 6) is 1.59. The second-order valence-corrected chi connectivity index (χ2v) is 6.75. The van der Waals surface area contributed by atoms with Crippen molar-refractivity contribution >= 4 is 17.6 Å². The topological polar surface area (TPSA) is 90.9 Å². The van der Waals surface area contributed by atoms with Gasteiger partial charge in [0, 0.05) is 24.6 Å². The van der Waals surface area contributed by atoms with E-state index in [4.69, 9.17) is 9.47 Å². The van der Waals surface area contributed by atoms with Crippen molar-refractivity contribution in [3.63, 3.8) is 0 Å². The van der Waals surface area contributed by atoms with Gasteiger partial charge in [0.15, 0.2) is 28.8 Å². The van der Waals surface area contributed by atoms with Gasteiger partial charge >= 0.3 is 5.97 Å². The first kappa shape index (κ1) is 18.2. The zero-order valence-electron chi connectivity index (χ0n) is 15.6. The van der Waals surface area contributed by atoms with E-state index in [0.717, 1.165) is 12.8 Å². The van der Waals surface area contributed by atoms with Crippen LogP contribution in [-0.4, -0.2) is 55.4 Å². The quantitative estimate of drug-likeness (QED) is 0.586. The number of esters is 1. The van der Waals surface area contributed by atoms with Gasteiger partial charge < -0.3 is 19.1 Å². The lowest BCUT2D eigenvalue weighted by Gasteiger charge is -2.32. The number of nitrogens with zero attached hydrogens (tertiary/aromatic N) is 3. The van der Waals surface area contributed by atoms with Crippen molar-refractivity contribution in [2.45, 2.75) is 12.8 Å². The second-order valence-electron chi connectivity index (χ2n) is 6.75. The molecule has 1 aromatic carbocycles. The van der Waals surface area contributed by atoms with Crippen LogP contribution in [-0.2, 0) is 4.74 Å². The highest BCUT2D eigenvalue weighted by Crippen LogP contribution is 2.33. The number of piperidine rings is 1. The number of carbonyl (C=O) groups is 2. The smallest absolute Gasteiger partial charge is 0.358 e. The van der Waals surface area contributed by atoms with Crippen LogP contribution in [0.4, 0.5) is 5.82 Å². The van der Waals surface area contributed by atoms with Gasteiger partial charge in [-0.2, -0.15) is 0 Å². The van der Waals surface area contributed by atoms with Crippen LogP contribution in [0.3, 0.4) is 0 Å². The molecule has 1 saturated heterocycles. The van der Waals surface area contributed by atoms with Crippen LogP contribution in [0.15, 0.2) is 30.3 Å². The van der Waals surface area contributed by atoms with Crippen molar-refractivity contribution in [3.05, 3.63) is 41.6 Å². The third-order valence-electron chi connectivity index (χ3n) is 5.06. The van der Waals surface area contributed by atoms with Gasteiger partial charge in [-0.1, -0.05) is 0 Å². The number of benzene rings is 1. The molecule has 2 aromatic rings. The summed E-state index contributed by atoms with van der Waals surface area (Å²) >= 11 is 0. The van der Waals surface area contributed by atoms with Crippen LogP contribution in [0.2, 0.25) is 0 Å². The second kappa shape index (κ2) is 7.84. The number of hydrogen-bond donors (Lipinski definition) is 0. The van der Waals surface area contributed by atoms with Crippen LogP contribution in [0.1, 0.15) is 33.7 Å². The molecule has 8 heteroatoms. The summed E-state index contributed by atoms with van der Waals surface area (Å²) in [6.07, 6.45) is 1.46. The fourth-order valence-electron chi connectivity index (χ4n) is 3.51. The largest absolute Gasteiger partial charge is 0.486 e. The van der Waals surface area contributed by atoms with Gasteiger partial charge in [-0.25, -0.2) is 4.79 Å². The van der Waals surface area contributed by atoms with Crippen molar-refractivity contribution in [2.75, 3.05) is 38.3 Å². The summed E-state index contributed by atoms with van der Waals surface area (Å²) in [5.41, 5.74) is 0.833. The fourth-order valence-corrected chi connectivity index (χ4v) is 3.51. The van der Waals surface area contributed by atoms with Crippen LogP contribution in [0, 0.1) is 5.92 Å². The summed E-state index contributed by atoms with van der Waals surface area (Å²) in [4.78, 5) is 26.4. The maximum Gasteiger partial charge on any atom is 0.358 e. The van der Waals surface area contributed by atoms with Gasteiger partial charge in [-0.3, -0.25) is 4.79 Å². The molecular formula is C20H21N3O5. The predicted octanol–water partition coefficient (Wildman–Crippen LogP) is 2.13. The molecule has 0 radical (unpaired) electrons. The van der Waals surface area contributed by atoms with E-state index in [1.165, 1.54) is 7.11 Å². The van der Waals surface area contributed by atoms with Crippen molar-refractivity contribution in [2.24, 2.45) is 5.92 Å². The molecule has 8 nitrogen and oxygen atoms in total. The molecule has 0 saturated carbocycles. The molecule has 2 aliphatic heterocycles. The summed E-state index contributed by atoms with van der Waals surface area (Å²) in [7, 11) is 1.31. The van der Waals surface area contributed by atoms with Gasteiger partial charge in [0.05, 0.1) is 7.11 Å². The zero-order valence-corrected chi connectivity index (χ0v) is 15.6. The Bertz CT molecular complexity index is 876. The number of ether oxygens (including phenoxy) is 3. The van der Waals surface area contributed by atoms with Crippen LogP contribution in [0.5, 0.6) is 11.5 Å². The Balaban J connectivity index is 1.38. The summed E-state index contributed by atoms with van der Waals surface area (Å²) in [5, 5.41) is 8.02.